The van der Waals surface area contributed by atoms with Gasteiger partial charge >= 0.3 is 0 Å². The molecule has 1 aromatic carbocycles. The number of rotatable bonds is 2. The summed E-state index contributed by atoms with van der Waals surface area (Å²) in [7, 11) is 0. The van der Waals surface area contributed by atoms with Crippen LogP contribution in [0.15, 0.2) is 12.1 Å². The van der Waals surface area contributed by atoms with Crippen molar-refractivity contribution in [2.45, 2.75) is 0 Å². The van der Waals surface area contributed by atoms with Crippen molar-refractivity contribution in [2.24, 2.45) is 0 Å². The van der Waals surface area contributed by atoms with Gasteiger partial charge in [0.05, 0.1) is 5.88 Å². The van der Waals surface area contributed by atoms with E-state index in [2.05, 4.69) is 0 Å². The number of carbonyl (C=O) groups excluding carboxylic acids is 1. The molecule has 1 rings (SSSR count). The van der Waals surface area contributed by atoms with Crippen molar-refractivity contribution >= 4 is 17.4 Å². The van der Waals surface area contributed by atoms with Crippen LogP contribution in [0, 0.1) is 11.6 Å². The summed E-state index contributed by atoms with van der Waals surface area (Å²) in [5, 5.41) is 8.69. The molecule has 70 valence electrons. The van der Waals surface area contributed by atoms with E-state index in [9.17, 15) is 13.6 Å². The number of hydrogen-bond donors (Lipinski definition) is 1. The standard InChI is InChI=1S/C8H5ClF2O2/c9-3-7(12)4-1-5(10)8(13)6(11)2-4/h1-2,13H,3H2. The molecule has 5 heteroatoms. The zero-order valence-electron chi connectivity index (χ0n) is 6.35. The molecule has 0 saturated carbocycles. The lowest BCUT2D eigenvalue weighted by molar-refractivity contribution is 0.102. The van der Waals surface area contributed by atoms with E-state index < -0.39 is 23.2 Å². The van der Waals surface area contributed by atoms with Gasteiger partial charge in [-0.25, -0.2) is 8.78 Å². The summed E-state index contributed by atoms with van der Waals surface area (Å²) >= 11 is 5.17. The molecule has 0 saturated heterocycles. The third-order valence-corrected chi connectivity index (χ3v) is 1.70. The van der Waals surface area contributed by atoms with Crippen molar-refractivity contribution < 1.29 is 18.7 Å². The van der Waals surface area contributed by atoms with Gasteiger partial charge in [0.2, 0.25) is 0 Å². The van der Waals surface area contributed by atoms with Gasteiger partial charge in [-0.05, 0) is 12.1 Å². The lowest BCUT2D eigenvalue weighted by Crippen LogP contribution is -2.01. The van der Waals surface area contributed by atoms with Crippen LogP contribution >= 0.6 is 11.6 Å². The summed E-state index contributed by atoms with van der Waals surface area (Å²) in [5.74, 6) is -4.39. The number of phenols is 1. The Hall–Kier alpha value is -1.16. The molecule has 2 nitrogen and oxygen atoms in total. The Morgan fingerprint density at radius 1 is 1.38 bits per heavy atom. The first-order chi connectivity index (χ1) is 6.06. The van der Waals surface area contributed by atoms with Gasteiger partial charge in [0.15, 0.2) is 23.2 Å². The van der Waals surface area contributed by atoms with E-state index in [1.165, 1.54) is 0 Å². The minimum Gasteiger partial charge on any atom is -0.503 e. The molecule has 0 heterocycles. The largest absolute Gasteiger partial charge is 0.503 e. The van der Waals surface area contributed by atoms with Crippen LogP contribution in [0.25, 0.3) is 0 Å². The molecule has 0 aliphatic carbocycles. The molecule has 0 atom stereocenters. The van der Waals surface area contributed by atoms with Crippen molar-refractivity contribution in [3.05, 3.63) is 29.3 Å². The van der Waals surface area contributed by atoms with Gasteiger partial charge in [-0.1, -0.05) is 0 Å². The summed E-state index contributed by atoms with van der Waals surface area (Å²) in [6, 6.07) is 1.48. The van der Waals surface area contributed by atoms with Crippen molar-refractivity contribution in [3.63, 3.8) is 0 Å². The normalized spacial score (nSPS) is 10.1. The Balaban J connectivity index is 3.20. The summed E-state index contributed by atoms with van der Waals surface area (Å²) in [5.41, 5.74) is -0.192. The topological polar surface area (TPSA) is 37.3 Å². The second-order valence-electron chi connectivity index (χ2n) is 2.35. The molecule has 0 radical (unpaired) electrons. The summed E-state index contributed by atoms with van der Waals surface area (Å²) < 4.78 is 25.3. The van der Waals surface area contributed by atoms with Gasteiger partial charge in [0.1, 0.15) is 0 Å². The Morgan fingerprint density at radius 2 is 1.85 bits per heavy atom. The van der Waals surface area contributed by atoms with Crippen molar-refractivity contribution in [2.75, 3.05) is 5.88 Å². The van der Waals surface area contributed by atoms with E-state index in [4.69, 9.17) is 16.7 Å². The SMILES string of the molecule is O=C(CCl)c1cc(F)c(O)c(F)c1. The molecule has 13 heavy (non-hydrogen) atoms. The minimum atomic E-state index is -1.17. The lowest BCUT2D eigenvalue weighted by atomic mass is 10.1. The summed E-state index contributed by atoms with van der Waals surface area (Å²) in [4.78, 5) is 10.9. The molecule has 0 unspecified atom stereocenters. The fourth-order valence-corrected chi connectivity index (χ4v) is 0.958. The number of halogens is 3. The third-order valence-electron chi connectivity index (χ3n) is 1.46. The van der Waals surface area contributed by atoms with Gasteiger partial charge in [0, 0.05) is 5.56 Å². The van der Waals surface area contributed by atoms with Gasteiger partial charge in [-0.2, -0.15) is 0 Å². The van der Waals surface area contributed by atoms with Crippen molar-refractivity contribution in [1.82, 2.24) is 0 Å². The molecule has 0 aromatic heterocycles. The predicted molar refractivity (Wildman–Crippen MR) is 43.1 cm³/mol. The first-order valence-corrected chi connectivity index (χ1v) is 3.87. The third kappa shape index (κ3) is 1.95. The molecule has 0 spiro atoms. The van der Waals surface area contributed by atoms with Crippen LogP contribution in [0.2, 0.25) is 0 Å². The maximum Gasteiger partial charge on any atom is 0.187 e. The van der Waals surface area contributed by atoms with Gasteiger partial charge < -0.3 is 5.11 Å². The Morgan fingerprint density at radius 3 is 2.23 bits per heavy atom. The molecular formula is C8H5ClF2O2. The van der Waals surface area contributed by atoms with E-state index in [0.717, 1.165) is 12.1 Å². The predicted octanol–water partition coefficient (Wildman–Crippen LogP) is 2.09. The van der Waals surface area contributed by atoms with E-state index in [1.807, 2.05) is 0 Å². The maximum absolute atomic E-state index is 12.7. The zero-order chi connectivity index (χ0) is 10.0. The van der Waals surface area contributed by atoms with E-state index >= 15 is 0 Å². The highest BCUT2D eigenvalue weighted by Crippen LogP contribution is 2.21. The van der Waals surface area contributed by atoms with Gasteiger partial charge in [-0.15, -0.1) is 11.6 Å². The molecular weight excluding hydrogens is 202 g/mol. The van der Waals surface area contributed by atoms with Crippen molar-refractivity contribution in [3.8, 4) is 5.75 Å². The van der Waals surface area contributed by atoms with Crippen LogP contribution in [0.5, 0.6) is 5.75 Å². The number of benzene rings is 1. The van der Waals surface area contributed by atoms with E-state index in [1.54, 1.807) is 0 Å². The van der Waals surface area contributed by atoms with Crippen LogP contribution in [-0.2, 0) is 0 Å². The molecule has 1 aromatic rings. The summed E-state index contributed by atoms with van der Waals surface area (Å²) in [6.45, 7) is 0. The second-order valence-corrected chi connectivity index (χ2v) is 2.61. The Labute approximate surface area is 77.8 Å². The van der Waals surface area contributed by atoms with Gasteiger partial charge in [-0.3, -0.25) is 4.79 Å². The highest BCUT2D eigenvalue weighted by molar-refractivity contribution is 6.30. The number of Topliss-reactive ketones (excluding diaryl/α,β-unsaturated/α-hetero) is 1. The molecule has 0 amide bonds. The number of ketones is 1. The fourth-order valence-electron chi connectivity index (χ4n) is 0.804. The highest BCUT2D eigenvalue weighted by atomic mass is 35.5. The molecule has 1 N–H and O–H groups in total. The van der Waals surface area contributed by atoms with Crippen LogP contribution in [0.4, 0.5) is 8.78 Å². The average molecular weight is 207 g/mol. The minimum absolute atomic E-state index is 0.192. The monoisotopic (exact) mass is 206 g/mol. The van der Waals surface area contributed by atoms with Crippen LogP contribution in [0.1, 0.15) is 10.4 Å². The average Bonchev–Trinajstić information content (AvgIpc) is 2.12. The number of alkyl halides is 1. The first-order valence-electron chi connectivity index (χ1n) is 3.33. The number of hydrogen-bond acceptors (Lipinski definition) is 2. The van der Waals surface area contributed by atoms with Crippen LogP contribution < -0.4 is 0 Å². The zero-order valence-corrected chi connectivity index (χ0v) is 7.11. The van der Waals surface area contributed by atoms with E-state index in [-0.39, 0.29) is 11.4 Å². The molecule has 0 aliphatic rings. The lowest BCUT2D eigenvalue weighted by Gasteiger charge is -2.00. The molecule has 0 fully saturated rings. The van der Waals surface area contributed by atoms with E-state index in [0.29, 0.717) is 0 Å². The van der Waals surface area contributed by atoms with Crippen molar-refractivity contribution in [1.29, 1.82) is 0 Å². The smallest absolute Gasteiger partial charge is 0.187 e. The Bertz CT molecular complexity index is 329. The Kier molecular flexibility index (Phi) is 2.83. The second kappa shape index (κ2) is 3.70. The van der Waals surface area contributed by atoms with Gasteiger partial charge in [0.25, 0.3) is 0 Å². The molecule has 0 bridgehead atoms. The molecule has 0 aliphatic heterocycles. The maximum atomic E-state index is 12.7. The van der Waals surface area contributed by atoms with Crippen LogP contribution in [-0.4, -0.2) is 16.8 Å². The quantitative estimate of drug-likeness (QED) is 0.594. The number of aromatic hydroxyl groups is 1. The summed E-state index contributed by atoms with van der Waals surface area (Å²) in [6.07, 6.45) is 0. The number of phenolic OH excluding ortho intramolecular Hbond substituents is 1. The van der Waals surface area contributed by atoms with Crippen LogP contribution in [0.3, 0.4) is 0 Å². The number of carbonyl (C=O) groups is 1. The fraction of sp³-hybridized carbons (Fsp3) is 0.125. The highest BCUT2D eigenvalue weighted by Gasteiger charge is 2.13. The first kappa shape index (κ1) is 9.92.